The smallest absolute Gasteiger partial charge is 0.274 e. The molecule has 0 aliphatic heterocycles. The van der Waals surface area contributed by atoms with Gasteiger partial charge in [-0.05, 0) is 12.1 Å². The van der Waals surface area contributed by atoms with Crippen molar-refractivity contribution < 1.29 is 9.34 Å². The quantitative estimate of drug-likeness (QED) is 0.369. The first-order valence-corrected chi connectivity index (χ1v) is 6.90. The lowest BCUT2D eigenvalue weighted by molar-refractivity contribution is -0.385. The van der Waals surface area contributed by atoms with Gasteiger partial charge in [-0.1, -0.05) is 18.2 Å². The second kappa shape index (κ2) is 7.82. The van der Waals surface area contributed by atoms with Crippen LogP contribution in [0.2, 0.25) is 0 Å². The molecule has 0 bridgehead atoms. The number of furan rings is 1. The Balaban J connectivity index is 1.85. The summed E-state index contributed by atoms with van der Waals surface area (Å²) in [5, 5.41) is 17.2. The molecular formula is C15H18N4O3. The third-order valence-electron chi connectivity index (χ3n) is 3.10. The summed E-state index contributed by atoms with van der Waals surface area (Å²) in [5.41, 5.74) is 0.711. The molecule has 0 saturated carbocycles. The number of guanidine groups is 1. The Kier molecular flexibility index (Phi) is 5.53. The molecule has 0 aliphatic carbocycles. The summed E-state index contributed by atoms with van der Waals surface area (Å²) >= 11 is 0. The van der Waals surface area contributed by atoms with Crippen molar-refractivity contribution in [3.8, 4) is 0 Å². The van der Waals surface area contributed by atoms with Crippen LogP contribution in [0.4, 0.5) is 5.69 Å². The summed E-state index contributed by atoms with van der Waals surface area (Å²) < 4.78 is 5.25. The van der Waals surface area contributed by atoms with Gasteiger partial charge in [0.05, 0.1) is 11.2 Å². The van der Waals surface area contributed by atoms with E-state index in [9.17, 15) is 10.1 Å². The van der Waals surface area contributed by atoms with Gasteiger partial charge in [0.15, 0.2) is 5.96 Å². The third kappa shape index (κ3) is 4.34. The van der Waals surface area contributed by atoms with Crippen molar-refractivity contribution in [2.45, 2.75) is 13.0 Å². The van der Waals surface area contributed by atoms with Crippen molar-refractivity contribution in [2.24, 2.45) is 4.99 Å². The van der Waals surface area contributed by atoms with E-state index in [1.165, 1.54) is 6.07 Å². The van der Waals surface area contributed by atoms with E-state index in [0.717, 1.165) is 12.2 Å². The summed E-state index contributed by atoms with van der Waals surface area (Å²) in [6, 6.07) is 10.4. The maximum atomic E-state index is 11.0. The molecule has 0 atom stereocenters. The SMILES string of the molecule is CN=C(NCCc1ccco1)NCc1ccccc1[N+](=O)[O-]. The lowest BCUT2D eigenvalue weighted by atomic mass is 10.2. The van der Waals surface area contributed by atoms with Crippen LogP contribution >= 0.6 is 0 Å². The van der Waals surface area contributed by atoms with Gasteiger partial charge >= 0.3 is 0 Å². The summed E-state index contributed by atoms with van der Waals surface area (Å²) in [6.45, 7) is 0.988. The molecule has 1 aromatic carbocycles. The Morgan fingerprint density at radius 3 is 2.77 bits per heavy atom. The number of hydrogen-bond acceptors (Lipinski definition) is 4. The van der Waals surface area contributed by atoms with Gasteiger partial charge in [-0.3, -0.25) is 15.1 Å². The van der Waals surface area contributed by atoms with Gasteiger partial charge in [-0.15, -0.1) is 0 Å². The number of aliphatic imine (C=N–C) groups is 1. The van der Waals surface area contributed by atoms with E-state index >= 15 is 0 Å². The first-order valence-electron chi connectivity index (χ1n) is 6.90. The fourth-order valence-electron chi connectivity index (χ4n) is 2.00. The average molecular weight is 302 g/mol. The number of benzene rings is 1. The zero-order valence-electron chi connectivity index (χ0n) is 12.3. The Bertz CT molecular complexity index is 638. The zero-order chi connectivity index (χ0) is 15.8. The molecule has 2 rings (SSSR count). The molecule has 22 heavy (non-hydrogen) atoms. The molecule has 0 saturated heterocycles. The van der Waals surface area contributed by atoms with Crippen LogP contribution in [0, 0.1) is 10.1 Å². The summed E-state index contributed by atoms with van der Waals surface area (Å²) in [7, 11) is 1.65. The van der Waals surface area contributed by atoms with Gasteiger partial charge in [0.2, 0.25) is 0 Å². The molecule has 1 aromatic heterocycles. The Labute approximate surface area is 128 Å². The first-order chi connectivity index (χ1) is 10.7. The van der Waals surface area contributed by atoms with Crippen molar-refractivity contribution in [2.75, 3.05) is 13.6 Å². The lowest BCUT2D eigenvalue weighted by Gasteiger charge is -2.11. The Morgan fingerprint density at radius 1 is 1.27 bits per heavy atom. The number of nitrogens with zero attached hydrogens (tertiary/aromatic N) is 2. The number of hydrogen-bond donors (Lipinski definition) is 2. The lowest BCUT2D eigenvalue weighted by Crippen LogP contribution is -2.37. The molecule has 0 fully saturated rings. The van der Waals surface area contributed by atoms with Crippen molar-refractivity contribution in [3.05, 3.63) is 64.1 Å². The van der Waals surface area contributed by atoms with Crippen LogP contribution in [-0.4, -0.2) is 24.5 Å². The minimum atomic E-state index is -0.385. The molecule has 0 radical (unpaired) electrons. The largest absolute Gasteiger partial charge is 0.469 e. The van der Waals surface area contributed by atoms with Gasteiger partial charge in [0.25, 0.3) is 5.69 Å². The molecule has 0 aliphatic rings. The minimum absolute atomic E-state index is 0.0982. The molecule has 116 valence electrons. The maximum absolute atomic E-state index is 11.0. The molecule has 7 nitrogen and oxygen atoms in total. The normalized spacial score (nSPS) is 11.2. The van der Waals surface area contributed by atoms with Gasteiger partial charge < -0.3 is 15.1 Å². The standard InChI is InChI=1S/C15H18N4O3/c1-16-15(17-9-8-13-6-4-10-22-13)18-11-12-5-2-3-7-14(12)19(20)21/h2-7,10H,8-9,11H2,1H3,(H2,16,17,18). The second-order valence-electron chi connectivity index (χ2n) is 4.57. The van der Waals surface area contributed by atoms with Gasteiger partial charge in [0, 0.05) is 38.2 Å². The molecule has 7 heteroatoms. The molecular weight excluding hydrogens is 284 g/mol. The van der Waals surface area contributed by atoms with Crippen LogP contribution in [0.15, 0.2) is 52.1 Å². The van der Waals surface area contributed by atoms with Crippen LogP contribution in [-0.2, 0) is 13.0 Å². The number of nitro groups is 1. The summed E-state index contributed by atoms with van der Waals surface area (Å²) in [6.07, 6.45) is 2.37. The minimum Gasteiger partial charge on any atom is -0.469 e. The number of nitro benzene ring substituents is 1. The van der Waals surface area contributed by atoms with E-state index in [0.29, 0.717) is 24.6 Å². The molecule has 0 amide bonds. The highest BCUT2D eigenvalue weighted by atomic mass is 16.6. The predicted octanol–water partition coefficient (Wildman–Crippen LogP) is 2.10. The first kappa shape index (κ1) is 15.6. The summed E-state index contributed by atoms with van der Waals surface area (Å²) in [5.74, 6) is 1.48. The van der Waals surface area contributed by atoms with Crippen LogP contribution in [0.5, 0.6) is 0 Å². The topological polar surface area (TPSA) is 92.7 Å². The van der Waals surface area contributed by atoms with Gasteiger partial charge in [0.1, 0.15) is 5.76 Å². The predicted molar refractivity (Wildman–Crippen MR) is 83.7 cm³/mol. The number of nitrogens with one attached hydrogen (secondary N) is 2. The third-order valence-corrected chi connectivity index (χ3v) is 3.10. The van der Waals surface area contributed by atoms with Crippen molar-refractivity contribution in [1.82, 2.24) is 10.6 Å². The Hall–Kier alpha value is -2.83. The maximum Gasteiger partial charge on any atom is 0.274 e. The highest BCUT2D eigenvalue weighted by Crippen LogP contribution is 2.16. The average Bonchev–Trinajstić information content (AvgIpc) is 3.04. The molecule has 0 spiro atoms. The van der Waals surface area contributed by atoms with Crippen molar-refractivity contribution >= 4 is 11.6 Å². The molecule has 2 N–H and O–H groups in total. The molecule has 1 heterocycles. The van der Waals surface area contributed by atoms with E-state index < -0.39 is 0 Å². The number of para-hydroxylation sites is 1. The highest BCUT2D eigenvalue weighted by molar-refractivity contribution is 5.79. The van der Waals surface area contributed by atoms with Crippen molar-refractivity contribution in [3.63, 3.8) is 0 Å². The van der Waals surface area contributed by atoms with Gasteiger partial charge in [-0.25, -0.2) is 0 Å². The molecule has 0 unspecified atom stereocenters. The monoisotopic (exact) mass is 302 g/mol. The van der Waals surface area contributed by atoms with Crippen LogP contribution in [0.1, 0.15) is 11.3 Å². The van der Waals surface area contributed by atoms with Crippen LogP contribution in [0.3, 0.4) is 0 Å². The molecule has 2 aromatic rings. The van der Waals surface area contributed by atoms with Crippen LogP contribution in [0.25, 0.3) is 0 Å². The highest BCUT2D eigenvalue weighted by Gasteiger charge is 2.12. The van der Waals surface area contributed by atoms with Crippen molar-refractivity contribution in [1.29, 1.82) is 0 Å². The van der Waals surface area contributed by atoms with Gasteiger partial charge in [-0.2, -0.15) is 0 Å². The van der Waals surface area contributed by atoms with E-state index in [1.807, 2.05) is 12.1 Å². The zero-order valence-corrected chi connectivity index (χ0v) is 12.3. The fourth-order valence-corrected chi connectivity index (χ4v) is 2.00. The van der Waals surface area contributed by atoms with E-state index in [-0.39, 0.29) is 10.6 Å². The van der Waals surface area contributed by atoms with E-state index in [1.54, 1.807) is 31.5 Å². The fraction of sp³-hybridized carbons (Fsp3) is 0.267. The Morgan fingerprint density at radius 2 is 2.09 bits per heavy atom. The van der Waals surface area contributed by atoms with E-state index in [4.69, 9.17) is 4.42 Å². The summed E-state index contributed by atoms with van der Waals surface area (Å²) in [4.78, 5) is 14.7. The second-order valence-corrected chi connectivity index (χ2v) is 4.57. The van der Waals surface area contributed by atoms with Crippen LogP contribution < -0.4 is 10.6 Å². The number of rotatable bonds is 6. The van der Waals surface area contributed by atoms with E-state index in [2.05, 4.69) is 15.6 Å².